The molecule has 4 heteroatoms. The van der Waals surface area contributed by atoms with E-state index >= 15 is 0 Å². The average Bonchev–Trinajstić information content (AvgIpc) is 3.13. The molecule has 17 heavy (non-hydrogen) atoms. The normalized spacial score (nSPS) is 18.6. The lowest BCUT2D eigenvalue weighted by Crippen LogP contribution is -2.56. The van der Waals surface area contributed by atoms with Gasteiger partial charge in [0, 0.05) is 13.2 Å². The van der Waals surface area contributed by atoms with Gasteiger partial charge in [0.25, 0.3) is 0 Å². The number of primary amides is 1. The fraction of sp³-hybridized carbons (Fsp3) is 0.462. The van der Waals surface area contributed by atoms with Crippen molar-refractivity contribution in [3.8, 4) is 0 Å². The van der Waals surface area contributed by atoms with Crippen LogP contribution in [-0.2, 0) is 15.1 Å². The summed E-state index contributed by atoms with van der Waals surface area (Å²) in [5.74, 6) is -0.391. The van der Waals surface area contributed by atoms with Gasteiger partial charge in [0.05, 0.1) is 6.61 Å². The van der Waals surface area contributed by atoms with Crippen LogP contribution in [0.15, 0.2) is 30.3 Å². The van der Waals surface area contributed by atoms with Crippen molar-refractivity contribution in [2.75, 3.05) is 13.7 Å². The van der Waals surface area contributed by atoms with Crippen LogP contribution in [0.3, 0.4) is 0 Å². The van der Waals surface area contributed by atoms with Gasteiger partial charge in [-0.15, -0.1) is 0 Å². The highest BCUT2D eigenvalue weighted by atomic mass is 16.5. The number of carbonyl (C=O) groups is 1. The summed E-state index contributed by atoms with van der Waals surface area (Å²) >= 11 is 0. The Morgan fingerprint density at radius 2 is 2.12 bits per heavy atom. The highest BCUT2D eigenvalue weighted by molar-refractivity contribution is 5.86. The lowest BCUT2D eigenvalue weighted by atomic mass is 9.89. The number of nitrogens with two attached hydrogens (primary N) is 1. The molecule has 0 aliphatic heterocycles. The third-order valence-corrected chi connectivity index (χ3v) is 3.08. The minimum Gasteiger partial charge on any atom is -0.382 e. The molecular weight excluding hydrogens is 216 g/mol. The number of ether oxygens (including phenoxy) is 1. The highest BCUT2D eigenvalue weighted by Gasteiger charge is 2.42. The van der Waals surface area contributed by atoms with E-state index in [0.29, 0.717) is 6.04 Å². The summed E-state index contributed by atoms with van der Waals surface area (Å²) in [4.78, 5) is 11.9. The van der Waals surface area contributed by atoms with Crippen LogP contribution < -0.4 is 11.1 Å². The van der Waals surface area contributed by atoms with Crippen molar-refractivity contribution >= 4 is 5.91 Å². The Hall–Kier alpha value is -1.39. The first kappa shape index (κ1) is 12.1. The van der Waals surface area contributed by atoms with E-state index in [1.165, 1.54) is 0 Å². The predicted octanol–water partition coefficient (Wildman–Crippen LogP) is 0.766. The Bertz CT molecular complexity index is 390. The van der Waals surface area contributed by atoms with Crippen molar-refractivity contribution in [3.05, 3.63) is 35.9 Å². The number of nitrogens with one attached hydrogen (secondary N) is 1. The van der Waals surface area contributed by atoms with E-state index in [9.17, 15) is 4.79 Å². The van der Waals surface area contributed by atoms with Crippen LogP contribution in [0.1, 0.15) is 18.4 Å². The second-order valence-corrected chi connectivity index (χ2v) is 4.49. The largest absolute Gasteiger partial charge is 0.382 e. The first-order chi connectivity index (χ1) is 8.19. The van der Waals surface area contributed by atoms with Gasteiger partial charge >= 0.3 is 0 Å². The monoisotopic (exact) mass is 234 g/mol. The van der Waals surface area contributed by atoms with Crippen LogP contribution >= 0.6 is 0 Å². The fourth-order valence-corrected chi connectivity index (χ4v) is 2.01. The van der Waals surface area contributed by atoms with E-state index in [0.717, 1.165) is 18.4 Å². The zero-order chi connectivity index (χ0) is 12.3. The number of rotatable bonds is 6. The van der Waals surface area contributed by atoms with Crippen molar-refractivity contribution in [1.29, 1.82) is 0 Å². The summed E-state index contributed by atoms with van der Waals surface area (Å²) < 4.78 is 5.19. The zero-order valence-electron chi connectivity index (χ0n) is 9.98. The Balaban J connectivity index is 2.35. The molecule has 2 rings (SSSR count). The molecule has 0 aromatic heterocycles. The molecule has 0 radical (unpaired) electrons. The van der Waals surface area contributed by atoms with Gasteiger partial charge in [0.1, 0.15) is 5.54 Å². The van der Waals surface area contributed by atoms with Gasteiger partial charge < -0.3 is 10.5 Å². The summed E-state index contributed by atoms with van der Waals surface area (Å²) in [6.07, 6.45) is 2.18. The Morgan fingerprint density at radius 3 is 2.59 bits per heavy atom. The second kappa shape index (κ2) is 4.85. The Morgan fingerprint density at radius 1 is 1.47 bits per heavy atom. The molecule has 1 aliphatic rings. The molecule has 3 N–H and O–H groups in total. The van der Waals surface area contributed by atoms with Crippen molar-refractivity contribution in [1.82, 2.24) is 5.32 Å². The van der Waals surface area contributed by atoms with Crippen molar-refractivity contribution in [3.63, 3.8) is 0 Å². The number of carbonyl (C=O) groups excluding carboxylic acids is 1. The SMILES string of the molecule is COCC(NC1CC1)(C(N)=O)c1ccccc1. The van der Waals surface area contributed by atoms with Gasteiger partial charge in [-0.25, -0.2) is 0 Å². The quantitative estimate of drug-likeness (QED) is 0.764. The molecule has 0 bridgehead atoms. The van der Waals surface area contributed by atoms with Crippen molar-refractivity contribution < 1.29 is 9.53 Å². The van der Waals surface area contributed by atoms with E-state index in [1.54, 1.807) is 7.11 Å². The smallest absolute Gasteiger partial charge is 0.244 e. The summed E-state index contributed by atoms with van der Waals surface area (Å²) in [6, 6.07) is 9.89. The maximum absolute atomic E-state index is 11.9. The van der Waals surface area contributed by atoms with Gasteiger partial charge in [0.2, 0.25) is 5.91 Å². The van der Waals surface area contributed by atoms with Crippen LogP contribution in [0.5, 0.6) is 0 Å². The maximum atomic E-state index is 11.9. The van der Waals surface area contributed by atoms with E-state index in [4.69, 9.17) is 10.5 Å². The minimum atomic E-state index is -0.906. The van der Waals surface area contributed by atoms with Gasteiger partial charge in [-0.05, 0) is 18.4 Å². The molecule has 92 valence electrons. The average molecular weight is 234 g/mol. The predicted molar refractivity (Wildman–Crippen MR) is 65.3 cm³/mol. The van der Waals surface area contributed by atoms with E-state index in [1.807, 2.05) is 30.3 Å². The molecule has 0 heterocycles. The van der Waals surface area contributed by atoms with E-state index < -0.39 is 11.4 Å². The van der Waals surface area contributed by atoms with Crippen molar-refractivity contribution in [2.24, 2.45) is 5.73 Å². The number of hydrogen-bond donors (Lipinski definition) is 2. The number of methoxy groups -OCH3 is 1. The van der Waals surface area contributed by atoms with Crippen LogP contribution in [0.4, 0.5) is 0 Å². The minimum absolute atomic E-state index is 0.253. The van der Waals surface area contributed by atoms with Gasteiger partial charge in [-0.2, -0.15) is 0 Å². The molecule has 1 aromatic carbocycles. The van der Waals surface area contributed by atoms with Crippen LogP contribution in [0.25, 0.3) is 0 Å². The van der Waals surface area contributed by atoms with Gasteiger partial charge in [-0.3, -0.25) is 10.1 Å². The summed E-state index contributed by atoms with van der Waals surface area (Å²) in [7, 11) is 1.58. The first-order valence-electron chi connectivity index (χ1n) is 5.81. The third kappa shape index (κ3) is 2.48. The number of benzene rings is 1. The zero-order valence-corrected chi connectivity index (χ0v) is 9.98. The summed E-state index contributed by atoms with van der Waals surface area (Å²) in [6.45, 7) is 0.253. The topological polar surface area (TPSA) is 64.3 Å². The molecule has 1 saturated carbocycles. The standard InChI is InChI=1S/C13H18N2O2/c1-17-9-13(12(14)16,15-11-7-8-11)10-5-3-2-4-6-10/h2-6,11,15H,7-9H2,1H3,(H2,14,16). The molecule has 1 aromatic rings. The fourth-order valence-electron chi connectivity index (χ4n) is 2.01. The van der Waals surface area contributed by atoms with Crippen LogP contribution in [0, 0.1) is 0 Å². The molecular formula is C13H18N2O2. The number of amides is 1. The van der Waals surface area contributed by atoms with Gasteiger partial charge in [0.15, 0.2) is 0 Å². The molecule has 1 amide bonds. The molecule has 1 aliphatic carbocycles. The number of hydrogen-bond acceptors (Lipinski definition) is 3. The molecule has 1 unspecified atom stereocenters. The molecule has 1 atom stereocenters. The Labute approximate surface area is 101 Å². The first-order valence-corrected chi connectivity index (χ1v) is 5.81. The molecule has 4 nitrogen and oxygen atoms in total. The van der Waals surface area contributed by atoms with Gasteiger partial charge in [-0.1, -0.05) is 30.3 Å². The maximum Gasteiger partial charge on any atom is 0.244 e. The molecule has 1 fully saturated rings. The van der Waals surface area contributed by atoms with Crippen LogP contribution in [-0.4, -0.2) is 25.7 Å². The van der Waals surface area contributed by atoms with E-state index in [-0.39, 0.29) is 6.61 Å². The Kier molecular flexibility index (Phi) is 3.45. The van der Waals surface area contributed by atoms with Crippen LogP contribution in [0.2, 0.25) is 0 Å². The summed E-state index contributed by atoms with van der Waals surface area (Å²) in [5, 5.41) is 3.32. The lowest BCUT2D eigenvalue weighted by Gasteiger charge is -2.31. The molecule has 0 spiro atoms. The second-order valence-electron chi connectivity index (χ2n) is 4.49. The van der Waals surface area contributed by atoms with Crippen molar-refractivity contribution in [2.45, 2.75) is 24.4 Å². The lowest BCUT2D eigenvalue weighted by molar-refractivity contribution is -0.127. The summed E-state index contributed by atoms with van der Waals surface area (Å²) in [5.41, 5.74) is 5.54. The van der Waals surface area contributed by atoms with E-state index in [2.05, 4.69) is 5.32 Å². The highest BCUT2D eigenvalue weighted by Crippen LogP contribution is 2.29. The third-order valence-electron chi connectivity index (χ3n) is 3.08. The molecule has 0 saturated heterocycles.